The first-order valence-electron chi connectivity index (χ1n) is 4.69. The second-order valence-electron chi connectivity index (χ2n) is 3.55. The maximum Gasteiger partial charge on any atom is 0.191 e. The maximum atomic E-state index is 11.1. The number of hydrogen-bond donors (Lipinski definition) is 1. The predicted molar refractivity (Wildman–Crippen MR) is 54.1 cm³/mol. The van der Waals surface area contributed by atoms with Gasteiger partial charge in [-0.3, -0.25) is 4.21 Å². The third-order valence-corrected chi connectivity index (χ3v) is 3.64. The number of aliphatic imine (C=N–C) groups is 1. The molecule has 0 atom stereocenters. The van der Waals surface area contributed by atoms with Crippen molar-refractivity contribution in [3.8, 4) is 0 Å². The van der Waals surface area contributed by atoms with E-state index in [4.69, 9.17) is 5.73 Å². The summed E-state index contributed by atoms with van der Waals surface area (Å²) in [6.07, 6.45) is 2.36. The van der Waals surface area contributed by atoms with E-state index in [9.17, 15) is 4.21 Å². The van der Waals surface area contributed by atoms with E-state index in [2.05, 4.69) is 4.99 Å². The Bertz CT molecular complexity index is 240. The lowest BCUT2D eigenvalue weighted by atomic mass is 10.5. The number of guanidine groups is 1. The first kappa shape index (κ1) is 8.99. The normalized spacial score (nSPS) is 26.5. The molecule has 0 bridgehead atoms. The lowest BCUT2D eigenvalue weighted by molar-refractivity contribution is 0.448. The van der Waals surface area contributed by atoms with Crippen LogP contribution in [0.15, 0.2) is 4.99 Å². The Morgan fingerprint density at radius 3 is 2.54 bits per heavy atom. The van der Waals surface area contributed by atoms with Crippen molar-refractivity contribution in [1.82, 2.24) is 4.90 Å². The lowest BCUT2D eigenvalue weighted by Gasteiger charge is -2.27. The van der Waals surface area contributed by atoms with E-state index in [-0.39, 0.29) is 0 Å². The molecule has 0 aromatic carbocycles. The van der Waals surface area contributed by atoms with Crippen LogP contribution in [0.5, 0.6) is 0 Å². The van der Waals surface area contributed by atoms with Crippen LogP contribution >= 0.6 is 0 Å². The zero-order chi connectivity index (χ0) is 9.26. The summed E-state index contributed by atoms with van der Waals surface area (Å²) < 4.78 is 11.1. The summed E-state index contributed by atoms with van der Waals surface area (Å²) in [4.78, 5) is 6.40. The van der Waals surface area contributed by atoms with Crippen LogP contribution in [0.2, 0.25) is 0 Å². The van der Waals surface area contributed by atoms with E-state index in [0.29, 0.717) is 12.0 Å². The van der Waals surface area contributed by atoms with Crippen LogP contribution in [0.25, 0.3) is 0 Å². The quantitative estimate of drug-likeness (QED) is 0.461. The third kappa shape index (κ3) is 2.43. The third-order valence-electron chi connectivity index (χ3n) is 2.36. The molecule has 1 aliphatic heterocycles. The minimum absolute atomic E-state index is 0.479. The molecule has 0 radical (unpaired) electrons. The van der Waals surface area contributed by atoms with Gasteiger partial charge in [0.1, 0.15) is 0 Å². The highest BCUT2D eigenvalue weighted by Gasteiger charge is 2.23. The van der Waals surface area contributed by atoms with Crippen molar-refractivity contribution < 1.29 is 4.21 Å². The van der Waals surface area contributed by atoms with Gasteiger partial charge in [0.25, 0.3) is 0 Å². The van der Waals surface area contributed by atoms with Crippen LogP contribution in [0, 0.1) is 0 Å². The fraction of sp³-hybridized carbons (Fsp3) is 0.875. The van der Waals surface area contributed by atoms with E-state index in [1.807, 2.05) is 4.90 Å². The van der Waals surface area contributed by atoms with Gasteiger partial charge < -0.3 is 10.6 Å². The molecule has 2 rings (SSSR count). The van der Waals surface area contributed by atoms with E-state index < -0.39 is 10.8 Å². The minimum Gasteiger partial charge on any atom is -0.370 e. The zero-order valence-electron chi connectivity index (χ0n) is 7.61. The Balaban J connectivity index is 1.89. The molecule has 13 heavy (non-hydrogen) atoms. The molecule has 0 aromatic rings. The molecule has 0 unspecified atom stereocenters. The minimum atomic E-state index is -0.627. The van der Waals surface area contributed by atoms with Gasteiger partial charge in [0, 0.05) is 35.4 Å². The van der Waals surface area contributed by atoms with Crippen LogP contribution in [0.1, 0.15) is 12.8 Å². The summed E-state index contributed by atoms with van der Waals surface area (Å²) >= 11 is 0. The molecular weight excluding hydrogens is 186 g/mol. The van der Waals surface area contributed by atoms with Crippen molar-refractivity contribution in [2.45, 2.75) is 18.9 Å². The largest absolute Gasteiger partial charge is 0.370 e. The fourth-order valence-corrected chi connectivity index (χ4v) is 2.39. The highest BCUT2D eigenvalue weighted by molar-refractivity contribution is 7.85. The van der Waals surface area contributed by atoms with Crippen molar-refractivity contribution in [2.75, 3.05) is 24.6 Å². The molecule has 0 amide bonds. The highest BCUT2D eigenvalue weighted by Crippen LogP contribution is 2.23. The number of hydrogen-bond acceptors (Lipinski definition) is 2. The van der Waals surface area contributed by atoms with Gasteiger partial charge in [-0.1, -0.05) is 0 Å². The van der Waals surface area contributed by atoms with Gasteiger partial charge >= 0.3 is 0 Å². The second-order valence-corrected chi connectivity index (χ2v) is 5.25. The number of nitrogens with zero attached hydrogens (tertiary/aromatic N) is 2. The molecule has 1 heterocycles. The molecule has 74 valence electrons. The molecule has 2 aliphatic rings. The van der Waals surface area contributed by atoms with Crippen molar-refractivity contribution in [3.05, 3.63) is 0 Å². The summed E-state index contributed by atoms with van der Waals surface area (Å²) in [5, 5.41) is 0. The molecule has 1 aliphatic carbocycles. The molecule has 2 fully saturated rings. The average Bonchev–Trinajstić information content (AvgIpc) is 2.89. The SMILES string of the molecule is NC(=NC1CC1)N1CCS(=O)CC1. The molecular formula is C8H15N3OS. The van der Waals surface area contributed by atoms with E-state index in [1.165, 1.54) is 12.8 Å². The van der Waals surface area contributed by atoms with Crippen molar-refractivity contribution in [2.24, 2.45) is 10.7 Å². The molecule has 5 heteroatoms. The molecule has 0 aromatic heterocycles. The van der Waals surface area contributed by atoms with E-state index in [1.54, 1.807) is 0 Å². The van der Waals surface area contributed by atoms with E-state index in [0.717, 1.165) is 24.6 Å². The Labute approximate surface area is 80.7 Å². The van der Waals surface area contributed by atoms with Crippen LogP contribution < -0.4 is 5.73 Å². The summed E-state index contributed by atoms with van der Waals surface area (Å²) in [7, 11) is -0.627. The van der Waals surface area contributed by atoms with Crippen LogP contribution in [0.4, 0.5) is 0 Å². The van der Waals surface area contributed by atoms with Crippen molar-refractivity contribution in [3.63, 3.8) is 0 Å². The Morgan fingerprint density at radius 1 is 1.38 bits per heavy atom. The fourth-order valence-electron chi connectivity index (χ4n) is 1.34. The van der Waals surface area contributed by atoms with Gasteiger partial charge in [0.05, 0.1) is 6.04 Å². The number of rotatable bonds is 1. The molecule has 1 saturated heterocycles. The summed E-state index contributed by atoms with van der Waals surface area (Å²) in [5.74, 6) is 2.13. The van der Waals surface area contributed by atoms with Crippen molar-refractivity contribution in [1.29, 1.82) is 0 Å². The molecule has 1 saturated carbocycles. The highest BCUT2D eigenvalue weighted by atomic mass is 32.2. The summed E-state index contributed by atoms with van der Waals surface area (Å²) in [6, 6.07) is 0.479. The Hall–Kier alpha value is -0.580. The molecule has 0 spiro atoms. The van der Waals surface area contributed by atoms with Gasteiger partial charge in [-0.15, -0.1) is 0 Å². The maximum absolute atomic E-state index is 11.1. The smallest absolute Gasteiger partial charge is 0.191 e. The van der Waals surface area contributed by atoms with Gasteiger partial charge in [0.15, 0.2) is 5.96 Å². The molecule has 4 nitrogen and oxygen atoms in total. The van der Waals surface area contributed by atoms with E-state index >= 15 is 0 Å². The summed E-state index contributed by atoms with van der Waals surface area (Å²) in [6.45, 7) is 1.60. The average molecular weight is 201 g/mol. The van der Waals surface area contributed by atoms with Gasteiger partial charge in [-0.05, 0) is 12.8 Å². The Kier molecular flexibility index (Phi) is 2.53. The monoisotopic (exact) mass is 201 g/mol. The topological polar surface area (TPSA) is 58.7 Å². The van der Waals surface area contributed by atoms with Crippen LogP contribution in [0.3, 0.4) is 0 Å². The first-order valence-corrected chi connectivity index (χ1v) is 6.18. The standard InChI is InChI=1S/C8H15N3OS/c9-8(10-7-1-2-7)11-3-5-13(12)6-4-11/h7H,1-6H2,(H2,9,10). The first-order chi connectivity index (χ1) is 6.25. The van der Waals surface area contributed by atoms with Crippen molar-refractivity contribution >= 4 is 16.8 Å². The zero-order valence-corrected chi connectivity index (χ0v) is 8.42. The lowest BCUT2D eigenvalue weighted by Crippen LogP contribution is -2.45. The van der Waals surface area contributed by atoms with Crippen LogP contribution in [-0.4, -0.2) is 45.7 Å². The van der Waals surface area contributed by atoms with Crippen LogP contribution in [-0.2, 0) is 10.8 Å². The summed E-state index contributed by atoms with van der Waals surface area (Å²) in [5.41, 5.74) is 5.81. The predicted octanol–water partition coefficient (Wildman–Crippen LogP) is -0.472. The van der Waals surface area contributed by atoms with Gasteiger partial charge in [-0.2, -0.15) is 0 Å². The van der Waals surface area contributed by atoms with Gasteiger partial charge in [0.2, 0.25) is 0 Å². The second kappa shape index (κ2) is 3.65. The molecule has 2 N–H and O–H groups in total. The number of nitrogens with two attached hydrogens (primary N) is 1. The van der Waals surface area contributed by atoms with Gasteiger partial charge in [-0.25, -0.2) is 4.99 Å². The Morgan fingerprint density at radius 2 is 2.00 bits per heavy atom.